The van der Waals surface area contributed by atoms with Crippen LogP contribution in [0.4, 0.5) is 0 Å². The predicted molar refractivity (Wildman–Crippen MR) is 148 cm³/mol. The Kier molecular flexibility index (Phi) is 16.4. The van der Waals surface area contributed by atoms with Crippen molar-refractivity contribution in [1.29, 1.82) is 0 Å². The van der Waals surface area contributed by atoms with Gasteiger partial charge in [0.25, 0.3) is 0 Å². The number of hydrogen-bond acceptors (Lipinski definition) is 16. The molecule has 0 aromatic carbocycles. The molecule has 256 valence electrons. The van der Waals surface area contributed by atoms with E-state index < -0.39 is 130 Å². The highest BCUT2D eigenvalue weighted by Crippen LogP contribution is 2.27. The van der Waals surface area contributed by atoms with Gasteiger partial charge in [0.1, 0.15) is 54.7 Å². The van der Waals surface area contributed by atoms with E-state index >= 15 is 0 Å². The lowest BCUT2D eigenvalue weighted by molar-refractivity contribution is -0.182. The van der Waals surface area contributed by atoms with Crippen molar-refractivity contribution in [3.63, 3.8) is 0 Å². The largest absolute Gasteiger partial charge is 0.464 e. The summed E-state index contributed by atoms with van der Waals surface area (Å²) in [4.78, 5) is 62.9. The molecule has 0 aliphatic carbocycles. The van der Waals surface area contributed by atoms with Crippen molar-refractivity contribution < 1.29 is 78.3 Å². The minimum atomic E-state index is -1.86. The Morgan fingerprint density at radius 1 is 0.409 bits per heavy atom. The summed E-state index contributed by atoms with van der Waals surface area (Å²) < 4.78 is 25.8. The van der Waals surface area contributed by atoms with Crippen LogP contribution in [0, 0.1) is 27.1 Å². The number of esters is 5. The van der Waals surface area contributed by atoms with Gasteiger partial charge in [-0.1, -0.05) is 6.92 Å². The minimum Gasteiger partial charge on any atom is -0.464 e. The summed E-state index contributed by atoms with van der Waals surface area (Å²) in [6.45, 7) is 0.772. The molecule has 44 heavy (non-hydrogen) atoms. The van der Waals surface area contributed by atoms with E-state index in [1.54, 1.807) is 6.92 Å². The standard InChI is InChI=1S/C28H48O16/c1-7-24(2,16-42-20(36)25(3,10-29)11-30)19(35)40-8-9-41-23(39)28(6,17-43-21(37)26(4,12-31)13-32)18-44-22(38)27(5,14-33)15-34/h29-34H,7-18H2,1-6H3. The zero-order chi connectivity index (χ0) is 34.4. The van der Waals surface area contributed by atoms with E-state index in [1.165, 1.54) is 34.6 Å². The monoisotopic (exact) mass is 640 g/mol. The number of aliphatic hydroxyl groups excluding tert-OH is 6. The first-order valence-electron chi connectivity index (χ1n) is 13.9. The van der Waals surface area contributed by atoms with Crippen LogP contribution in [0.2, 0.25) is 0 Å². The Labute approximate surface area is 256 Å². The van der Waals surface area contributed by atoms with Crippen LogP contribution in [0.15, 0.2) is 0 Å². The summed E-state index contributed by atoms with van der Waals surface area (Å²) in [5.41, 5.74) is -8.13. The van der Waals surface area contributed by atoms with Crippen molar-refractivity contribution in [2.75, 3.05) is 72.7 Å². The fourth-order valence-corrected chi connectivity index (χ4v) is 2.82. The maximum absolute atomic E-state index is 13.1. The summed E-state index contributed by atoms with van der Waals surface area (Å²) in [5.74, 6) is -4.90. The van der Waals surface area contributed by atoms with Crippen LogP contribution >= 0.6 is 0 Å². The number of carbonyl (C=O) groups is 5. The summed E-state index contributed by atoms with van der Waals surface area (Å²) >= 11 is 0. The third-order valence-electron chi connectivity index (χ3n) is 7.45. The number of carbonyl (C=O) groups excluding carboxylic acids is 5. The van der Waals surface area contributed by atoms with Gasteiger partial charge in [0.05, 0.1) is 45.1 Å². The molecule has 0 aliphatic rings. The molecule has 0 aliphatic heterocycles. The molecule has 0 aromatic heterocycles. The van der Waals surface area contributed by atoms with Gasteiger partial charge in [0, 0.05) is 0 Å². The number of rotatable bonds is 21. The molecule has 6 N–H and O–H groups in total. The molecule has 0 saturated heterocycles. The molecule has 0 bridgehead atoms. The lowest BCUT2D eigenvalue weighted by atomic mass is 9.88. The van der Waals surface area contributed by atoms with E-state index in [9.17, 15) is 54.6 Å². The van der Waals surface area contributed by atoms with Crippen molar-refractivity contribution in [3.05, 3.63) is 0 Å². The number of hydrogen-bond donors (Lipinski definition) is 6. The van der Waals surface area contributed by atoms with Crippen LogP contribution in [0.1, 0.15) is 48.0 Å². The highest BCUT2D eigenvalue weighted by molar-refractivity contribution is 5.81. The average molecular weight is 641 g/mol. The minimum absolute atomic E-state index is 0.171. The molecule has 0 radical (unpaired) electrons. The van der Waals surface area contributed by atoms with Gasteiger partial charge in [-0.3, -0.25) is 24.0 Å². The van der Waals surface area contributed by atoms with E-state index in [0.29, 0.717) is 0 Å². The zero-order valence-electron chi connectivity index (χ0n) is 26.3. The Bertz CT molecular complexity index is 933. The van der Waals surface area contributed by atoms with Gasteiger partial charge >= 0.3 is 29.8 Å². The molecule has 0 rings (SSSR count). The molecular weight excluding hydrogens is 592 g/mol. The first kappa shape index (κ1) is 41.1. The summed E-state index contributed by atoms with van der Waals surface area (Å²) in [7, 11) is 0. The van der Waals surface area contributed by atoms with Crippen molar-refractivity contribution in [2.24, 2.45) is 27.1 Å². The van der Waals surface area contributed by atoms with Gasteiger partial charge < -0.3 is 54.3 Å². The van der Waals surface area contributed by atoms with Crippen LogP contribution in [0.5, 0.6) is 0 Å². The van der Waals surface area contributed by atoms with Gasteiger partial charge in [-0.25, -0.2) is 0 Å². The van der Waals surface area contributed by atoms with Crippen LogP contribution < -0.4 is 0 Å². The lowest BCUT2D eigenvalue weighted by Gasteiger charge is -2.31. The fourth-order valence-electron chi connectivity index (χ4n) is 2.82. The molecule has 0 heterocycles. The van der Waals surface area contributed by atoms with Crippen LogP contribution in [0.3, 0.4) is 0 Å². The quantitative estimate of drug-likeness (QED) is 0.0455. The van der Waals surface area contributed by atoms with Crippen molar-refractivity contribution in [3.8, 4) is 0 Å². The normalized spacial score (nSPS) is 13.8. The van der Waals surface area contributed by atoms with E-state index in [4.69, 9.17) is 23.7 Å². The van der Waals surface area contributed by atoms with E-state index in [1.807, 2.05) is 0 Å². The molecule has 0 amide bonds. The number of ether oxygens (including phenoxy) is 5. The Morgan fingerprint density at radius 2 is 0.636 bits per heavy atom. The highest BCUT2D eigenvalue weighted by atomic mass is 16.6. The smallest absolute Gasteiger partial charge is 0.318 e. The number of aliphatic hydroxyl groups is 6. The Hall–Kier alpha value is -2.89. The Morgan fingerprint density at radius 3 is 0.886 bits per heavy atom. The molecule has 1 atom stereocenters. The maximum Gasteiger partial charge on any atom is 0.318 e. The van der Waals surface area contributed by atoms with Gasteiger partial charge in [0.15, 0.2) is 0 Å². The second kappa shape index (κ2) is 17.6. The second-order valence-corrected chi connectivity index (χ2v) is 12.1. The maximum atomic E-state index is 13.1. The van der Waals surface area contributed by atoms with Crippen molar-refractivity contribution in [2.45, 2.75) is 48.0 Å². The summed E-state index contributed by atoms with van der Waals surface area (Å²) in [6.07, 6.45) is 0.171. The molecule has 0 spiro atoms. The topological polar surface area (TPSA) is 253 Å². The summed E-state index contributed by atoms with van der Waals surface area (Å²) in [6, 6.07) is 0. The van der Waals surface area contributed by atoms with Crippen molar-refractivity contribution in [1.82, 2.24) is 0 Å². The van der Waals surface area contributed by atoms with Gasteiger partial charge in [-0.2, -0.15) is 0 Å². The third kappa shape index (κ3) is 10.6. The second-order valence-electron chi connectivity index (χ2n) is 12.1. The highest BCUT2D eigenvalue weighted by Gasteiger charge is 2.44. The molecule has 0 aromatic rings. The van der Waals surface area contributed by atoms with Crippen LogP contribution in [-0.2, 0) is 47.7 Å². The van der Waals surface area contributed by atoms with Gasteiger partial charge in [0.2, 0.25) is 0 Å². The molecule has 0 fully saturated rings. The lowest BCUT2D eigenvalue weighted by Crippen LogP contribution is -2.45. The van der Waals surface area contributed by atoms with E-state index in [-0.39, 0.29) is 6.42 Å². The SMILES string of the molecule is CCC(C)(COC(=O)C(C)(CO)CO)C(=O)OCCOC(=O)C(C)(COC(=O)C(C)(CO)CO)COC(=O)C(C)(CO)CO. The average Bonchev–Trinajstić information content (AvgIpc) is 3.04. The van der Waals surface area contributed by atoms with Gasteiger partial charge in [-0.05, 0) is 41.0 Å². The molecule has 1 unspecified atom stereocenters. The zero-order valence-corrected chi connectivity index (χ0v) is 26.3. The third-order valence-corrected chi connectivity index (χ3v) is 7.45. The molecule has 16 nitrogen and oxygen atoms in total. The Balaban J connectivity index is 5.48. The van der Waals surface area contributed by atoms with Gasteiger partial charge in [-0.15, -0.1) is 0 Å². The van der Waals surface area contributed by atoms with Crippen molar-refractivity contribution >= 4 is 29.8 Å². The van der Waals surface area contributed by atoms with Crippen LogP contribution in [-0.4, -0.2) is 133 Å². The van der Waals surface area contributed by atoms with E-state index in [0.717, 1.165) is 0 Å². The molecular formula is C28H48O16. The van der Waals surface area contributed by atoms with Crippen LogP contribution in [0.25, 0.3) is 0 Å². The first-order valence-corrected chi connectivity index (χ1v) is 13.9. The first-order chi connectivity index (χ1) is 20.4. The predicted octanol–water partition coefficient (Wildman–Crippen LogP) is -1.90. The summed E-state index contributed by atoms with van der Waals surface area (Å²) in [5, 5.41) is 56.5. The fraction of sp³-hybridized carbons (Fsp3) is 0.821. The van der Waals surface area contributed by atoms with E-state index in [2.05, 4.69) is 0 Å². The molecule has 0 saturated carbocycles. The molecule has 16 heteroatoms.